The number of rotatable bonds is 5. The van der Waals surface area contributed by atoms with E-state index >= 15 is 0 Å². The molecule has 0 aliphatic heterocycles. The van der Waals surface area contributed by atoms with Gasteiger partial charge in [0.05, 0.1) is 6.10 Å². The summed E-state index contributed by atoms with van der Waals surface area (Å²) in [6.07, 6.45) is 11.7. The fourth-order valence-electron chi connectivity index (χ4n) is 4.50. The first-order valence-corrected chi connectivity index (χ1v) is 8.04. The van der Waals surface area contributed by atoms with Crippen molar-refractivity contribution in [2.45, 2.75) is 77.4 Å². The van der Waals surface area contributed by atoms with Gasteiger partial charge in [-0.3, -0.25) is 0 Å². The molecule has 3 rings (SSSR count). The van der Waals surface area contributed by atoms with E-state index in [9.17, 15) is 0 Å². The maximum Gasteiger partial charge on any atom is 0.0661 e. The fourth-order valence-corrected chi connectivity index (χ4v) is 4.50. The van der Waals surface area contributed by atoms with Crippen LogP contribution in [0.5, 0.6) is 0 Å². The van der Waals surface area contributed by atoms with Gasteiger partial charge in [-0.15, -0.1) is 0 Å². The molecule has 3 saturated carbocycles. The average molecular weight is 251 g/mol. The second-order valence-electron chi connectivity index (χ2n) is 7.22. The van der Waals surface area contributed by atoms with Crippen LogP contribution in [0.25, 0.3) is 0 Å². The van der Waals surface area contributed by atoms with Crippen LogP contribution in [0.2, 0.25) is 0 Å². The van der Waals surface area contributed by atoms with Crippen molar-refractivity contribution in [3.63, 3.8) is 0 Å². The van der Waals surface area contributed by atoms with Crippen LogP contribution < -0.4 is 5.32 Å². The summed E-state index contributed by atoms with van der Waals surface area (Å²) in [5.74, 6) is 0. The predicted molar refractivity (Wildman–Crippen MR) is 74.7 cm³/mol. The first kappa shape index (κ1) is 12.9. The summed E-state index contributed by atoms with van der Waals surface area (Å²) >= 11 is 0. The van der Waals surface area contributed by atoms with Crippen molar-refractivity contribution in [1.82, 2.24) is 5.32 Å². The Hall–Kier alpha value is -0.0800. The maximum atomic E-state index is 5.98. The summed E-state index contributed by atoms with van der Waals surface area (Å²) in [5, 5.41) is 3.90. The van der Waals surface area contributed by atoms with Crippen molar-refractivity contribution >= 4 is 0 Å². The lowest BCUT2D eigenvalue weighted by molar-refractivity contribution is -0.132. The van der Waals surface area contributed by atoms with E-state index in [2.05, 4.69) is 19.2 Å². The molecule has 18 heavy (non-hydrogen) atoms. The van der Waals surface area contributed by atoms with Gasteiger partial charge >= 0.3 is 0 Å². The molecule has 1 spiro atoms. The van der Waals surface area contributed by atoms with E-state index in [0.29, 0.717) is 16.9 Å². The zero-order valence-corrected chi connectivity index (χ0v) is 12.1. The lowest BCUT2D eigenvalue weighted by Gasteiger charge is -2.55. The van der Waals surface area contributed by atoms with Gasteiger partial charge in [0.2, 0.25) is 0 Å². The molecule has 2 unspecified atom stereocenters. The lowest BCUT2D eigenvalue weighted by atomic mass is 9.60. The number of hydrogen-bond donors (Lipinski definition) is 1. The molecule has 0 heterocycles. The molecule has 0 saturated heterocycles. The molecule has 0 aromatic carbocycles. The summed E-state index contributed by atoms with van der Waals surface area (Å²) in [6.45, 7) is 6.71. The molecule has 3 aliphatic carbocycles. The minimum Gasteiger partial charge on any atom is -0.378 e. The Morgan fingerprint density at radius 1 is 1.11 bits per heavy atom. The molecule has 2 heteroatoms. The maximum absolute atomic E-state index is 5.98. The third-order valence-electron chi connectivity index (χ3n) is 6.02. The smallest absolute Gasteiger partial charge is 0.0661 e. The highest BCUT2D eigenvalue weighted by Crippen LogP contribution is 2.55. The summed E-state index contributed by atoms with van der Waals surface area (Å²) in [7, 11) is 0. The minimum absolute atomic E-state index is 0.510. The molecule has 0 aromatic heterocycles. The molecule has 2 nitrogen and oxygen atoms in total. The van der Waals surface area contributed by atoms with Gasteiger partial charge in [-0.1, -0.05) is 26.2 Å². The molecule has 0 radical (unpaired) electrons. The first-order chi connectivity index (χ1) is 8.69. The van der Waals surface area contributed by atoms with Crippen molar-refractivity contribution < 1.29 is 4.74 Å². The first-order valence-electron chi connectivity index (χ1n) is 8.04. The normalized spacial score (nSPS) is 36.3. The molecular formula is C16H29NO. The van der Waals surface area contributed by atoms with E-state index in [-0.39, 0.29) is 0 Å². The van der Waals surface area contributed by atoms with Crippen LogP contribution in [-0.2, 0) is 4.74 Å². The standard InChI is InChI=1S/C16H29NO/c1-3-18-14-11-13(16(14)9-4-5-10-16)17-12-15(2)7-6-8-15/h13-14,17H,3-12H2,1-2H3. The van der Waals surface area contributed by atoms with Gasteiger partial charge in [0.15, 0.2) is 0 Å². The van der Waals surface area contributed by atoms with Crippen molar-refractivity contribution in [2.75, 3.05) is 13.2 Å². The molecule has 3 aliphatic rings. The summed E-state index contributed by atoms with van der Waals surface area (Å²) in [6, 6.07) is 0.744. The van der Waals surface area contributed by atoms with Crippen LogP contribution in [0.4, 0.5) is 0 Å². The Balaban J connectivity index is 1.56. The van der Waals surface area contributed by atoms with Crippen LogP contribution in [0, 0.1) is 10.8 Å². The summed E-state index contributed by atoms with van der Waals surface area (Å²) in [4.78, 5) is 0. The third-order valence-corrected chi connectivity index (χ3v) is 6.02. The number of ether oxygens (including phenoxy) is 1. The molecule has 0 amide bonds. The summed E-state index contributed by atoms with van der Waals surface area (Å²) in [5.41, 5.74) is 1.12. The predicted octanol–water partition coefficient (Wildman–Crippen LogP) is 3.50. The van der Waals surface area contributed by atoms with Crippen LogP contribution in [0.15, 0.2) is 0 Å². The zero-order chi connectivity index (χ0) is 12.6. The Kier molecular flexibility index (Phi) is 3.44. The van der Waals surface area contributed by atoms with Crippen molar-refractivity contribution in [3.05, 3.63) is 0 Å². The fraction of sp³-hybridized carbons (Fsp3) is 1.00. The summed E-state index contributed by atoms with van der Waals surface area (Å²) < 4.78 is 5.98. The Morgan fingerprint density at radius 3 is 2.39 bits per heavy atom. The third kappa shape index (κ3) is 2.02. The van der Waals surface area contributed by atoms with Crippen LogP contribution in [-0.4, -0.2) is 25.3 Å². The lowest BCUT2D eigenvalue weighted by Crippen LogP contribution is -2.64. The largest absolute Gasteiger partial charge is 0.378 e. The van der Waals surface area contributed by atoms with Crippen molar-refractivity contribution in [3.8, 4) is 0 Å². The highest BCUT2D eigenvalue weighted by molar-refractivity contribution is 5.10. The van der Waals surface area contributed by atoms with E-state index in [1.54, 1.807) is 0 Å². The Bertz CT molecular complexity index is 291. The van der Waals surface area contributed by atoms with Gasteiger partial charge in [-0.25, -0.2) is 0 Å². The molecule has 1 N–H and O–H groups in total. The van der Waals surface area contributed by atoms with Gasteiger partial charge < -0.3 is 10.1 Å². The van der Waals surface area contributed by atoms with E-state index in [1.807, 2.05) is 0 Å². The van der Waals surface area contributed by atoms with Gasteiger partial charge in [0.1, 0.15) is 0 Å². The molecule has 0 aromatic rings. The van der Waals surface area contributed by atoms with E-state index in [1.165, 1.54) is 57.9 Å². The Labute approximate surface area is 112 Å². The van der Waals surface area contributed by atoms with Crippen LogP contribution in [0.3, 0.4) is 0 Å². The van der Waals surface area contributed by atoms with Gasteiger partial charge in [0, 0.05) is 24.6 Å². The van der Waals surface area contributed by atoms with Crippen LogP contribution >= 0.6 is 0 Å². The highest BCUT2D eigenvalue weighted by atomic mass is 16.5. The van der Waals surface area contributed by atoms with Gasteiger partial charge in [-0.05, 0) is 44.4 Å². The zero-order valence-electron chi connectivity index (χ0n) is 12.1. The topological polar surface area (TPSA) is 21.3 Å². The molecule has 3 fully saturated rings. The van der Waals surface area contributed by atoms with Crippen molar-refractivity contribution in [1.29, 1.82) is 0 Å². The average Bonchev–Trinajstić information content (AvgIpc) is 2.82. The monoisotopic (exact) mass is 251 g/mol. The number of hydrogen-bond acceptors (Lipinski definition) is 2. The van der Waals surface area contributed by atoms with E-state index in [0.717, 1.165) is 12.6 Å². The van der Waals surface area contributed by atoms with Gasteiger partial charge in [0.25, 0.3) is 0 Å². The van der Waals surface area contributed by atoms with E-state index < -0.39 is 0 Å². The van der Waals surface area contributed by atoms with Gasteiger partial charge in [-0.2, -0.15) is 0 Å². The quantitative estimate of drug-likeness (QED) is 0.807. The molecule has 2 atom stereocenters. The second kappa shape index (κ2) is 4.79. The van der Waals surface area contributed by atoms with Crippen LogP contribution in [0.1, 0.15) is 65.2 Å². The number of nitrogens with one attached hydrogen (secondary N) is 1. The second-order valence-corrected chi connectivity index (χ2v) is 7.22. The molecule has 104 valence electrons. The highest BCUT2D eigenvalue weighted by Gasteiger charge is 2.56. The minimum atomic E-state index is 0.510. The Morgan fingerprint density at radius 2 is 1.83 bits per heavy atom. The molecule has 0 bridgehead atoms. The van der Waals surface area contributed by atoms with E-state index in [4.69, 9.17) is 4.74 Å². The van der Waals surface area contributed by atoms with Crippen molar-refractivity contribution in [2.24, 2.45) is 10.8 Å². The molecular weight excluding hydrogens is 222 g/mol. The SMILES string of the molecule is CCOC1CC(NCC2(C)CCC2)C12CCCC2.